The third-order valence-corrected chi connectivity index (χ3v) is 4.52. The van der Waals surface area contributed by atoms with Crippen molar-refractivity contribution in [3.8, 4) is 0 Å². The van der Waals surface area contributed by atoms with E-state index in [1.165, 1.54) is 37.7 Å². The highest BCUT2D eigenvalue weighted by Crippen LogP contribution is 2.19. The zero-order valence-corrected chi connectivity index (χ0v) is 14.5. The molecule has 1 rings (SSSR count). The van der Waals surface area contributed by atoms with Crippen molar-refractivity contribution in [3.05, 3.63) is 35.9 Å². The van der Waals surface area contributed by atoms with Crippen molar-refractivity contribution in [2.45, 2.75) is 77.2 Å². The number of aliphatic hydroxyl groups is 1. The van der Waals surface area contributed by atoms with E-state index in [2.05, 4.69) is 6.92 Å². The summed E-state index contributed by atoms with van der Waals surface area (Å²) in [5.41, 5.74) is 6.67. The van der Waals surface area contributed by atoms with Gasteiger partial charge < -0.3 is 10.8 Å². The first kappa shape index (κ1) is 19.7. The molecule has 0 aliphatic rings. The van der Waals surface area contributed by atoms with Gasteiger partial charge >= 0.3 is 0 Å². The molecule has 1 aromatic carbocycles. The van der Waals surface area contributed by atoms with E-state index in [0.717, 1.165) is 19.3 Å². The first-order chi connectivity index (χ1) is 11.1. The molecule has 0 saturated carbocycles. The number of primary amides is 1. The van der Waals surface area contributed by atoms with Gasteiger partial charge in [0.2, 0.25) is 5.91 Å². The van der Waals surface area contributed by atoms with Crippen molar-refractivity contribution in [3.63, 3.8) is 0 Å². The predicted molar refractivity (Wildman–Crippen MR) is 96.1 cm³/mol. The van der Waals surface area contributed by atoms with E-state index in [1.807, 2.05) is 30.3 Å². The van der Waals surface area contributed by atoms with Crippen LogP contribution in [0, 0.1) is 5.92 Å². The number of carbonyl (C=O) groups is 1. The minimum Gasteiger partial charge on any atom is -0.392 e. The lowest BCUT2D eigenvalue weighted by molar-refractivity contribution is -0.125. The van der Waals surface area contributed by atoms with Gasteiger partial charge in [0.05, 0.1) is 12.0 Å². The largest absolute Gasteiger partial charge is 0.392 e. The third-order valence-electron chi connectivity index (χ3n) is 4.52. The normalized spacial score (nSPS) is 13.7. The predicted octanol–water partition coefficient (Wildman–Crippen LogP) is 4.22. The third kappa shape index (κ3) is 8.75. The van der Waals surface area contributed by atoms with Crippen molar-refractivity contribution in [1.82, 2.24) is 0 Å². The van der Waals surface area contributed by atoms with Crippen LogP contribution in [0.1, 0.15) is 70.3 Å². The first-order valence-electron chi connectivity index (χ1n) is 9.16. The number of nitrogens with two attached hydrogens (primary N) is 1. The molecule has 1 aromatic rings. The van der Waals surface area contributed by atoms with Crippen LogP contribution >= 0.6 is 0 Å². The molecule has 0 unspecified atom stereocenters. The average molecular weight is 319 g/mol. The number of aryl methyl sites for hydroxylation is 1. The fraction of sp³-hybridized carbons (Fsp3) is 0.650. The number of unbranched alkanes of at least 4 members (excludes halogenated alkanes) is 6. The van der Waals surface area contributed by atoms with Gasteiger partial charge in [0.25, 0.3) is 0 Å². The van der Waals surface area contributed by atoms with Crippen LogP contribution in [0.4, 0.5) is 0 Å². The molecule has 0 saturated heterocycles. The number of hydrogen-bond acceptors (Lipinski definition) is 2. The maximum atomic E-state index is 11.6. The summed E-state index contributed by atoms with van der Waals surface area (Å²) in [7, 11) is 0. The Morgan fingerprint density at radius 2 is 1.61 bits per heavy atom. The van der Waals surface area contributed by atoms with Crippen LogP contribution in [-0.2, 0) is 11.2 Å². The Kier molecular flexibility index (Phi) is 10.4. The molecule has 0 radical (unpaired) electrons. The Morgan fingerprint density at radius 3 is 2.22 bits per heavy atom. The quantitative estimate of drug-likeness (QED) is 0.535. The van der Waals surface area contributed by atoms with E-state index in [9.17, 15) is 9.90 Å². The SMILES string of the molecule is CCCCCCCCC[C@@H](C(N)=O)[C@H](O)CCc1ccccc1. The van der Waals surface area contributed by atoms with Crippen molar-refractivity contribution >= 4 is 5.91 Å². The second-order valence-corrected chi connectivity index (χ2v) is 6.51. The Hall–Kier alpha value is -1.35. The molecular weight excluding hydrogens is 286 g/mol. The molecule has 0 fully saturated rings. The zero-order chi connectivity index (χ0) is 16.9. The Bertz CT molecular complexity index is 419. The molecule has 3 heteroatoms. The second kappa shape index (κ2) is 12.1. The van der Waals surface area contributed by atoms with Gasteiger partial charge in [-0.25, -0.2) is 0 Å². The summed E-state index contributed by atoms with van der Waals surface area (Å²) in [6.45, 7) is 2.22. The lowest BCUT2D eigenvalue weighted by Crippen LogP contribution is -2.33. The number of carbonyl (C=O) groups excluding carboxylic acids is 1. The van der Waals surface area contributed by atoms with E-state index in [4.69, 9.17) is 5.73 Å². The summed E-state index contributed by atoms with van der Waals surface area (Å²) in [4.78, 5) is 11.6. The number of rotatable bonds is 13. The van der Waals surface area contributed by atoms with Crippen molar-refractivity contribution in [2.75, 3.05) is 0 Å². The number of aliphatic hydroxyl groups excluding tert-OH is 1. The van der Waals surface area contributed by atoms with Crippen LogP contribution in [0.5, 0.6) is 0 Å². The van der Waals surface area contributed by atoms with Gasteiger partial charge in [-0.15, -0.1) is 0 Å². The molecule has 130 valence electrons. The number of benzene rings is 1. The highest BCUT2D eigenvalue weighted by molar-refractivity contribution is 5.77. The van der Waals surface area contributed by atoms with Gasteiger partial charge in [-0.3, -0.25) is 4.79 Å². The molecule has 1 amide bonds. The topological polar surface area (TPSA) is 63.3 Å². The summed E-state index contributed by atoms with van der Waals surface area (Å²) < 4.78 is 0. The van der Waals surface area contributed by atoms with E-state index in [-0.39, 0.29) is 5.91 Å². The van der Waals surface area contributed by atoms with E-state index >= 15 is 0 Å². The molecule has 0 aromatic heterocycles. The standard InChI is InChI=1S/C20H33NO2/c1-2-3-4-5-6-7-11-14-18(20(21)23)19(22)16-15-17-12-9-8-10-13-17/h8-10,12-13,18-19,22H,2-7,11,14-16H2,1H3,(H2,21,23)/t18-,19-/m1/s1. The molecule has 23 heavy (non-hydrogen) atoms. The summed E-state index contributed by atoms with van der Waals surface area (Å²) >= 11 is 0. The molecule has 3 N–H and O–H groups in total. The van der Waals surface area contributed by atoms with Crippen LogP contribution < -0.4 is 5.73 Å². The van der Waals surface area contributed by atoms with Crippen LogP contribution in [-0.4, -0.2) is 17.1 Å². The number of amides is 1. The second-order valence-electron chi connectivity index (χ2n) is 6.51. The lowest BCUT2D eigenvalue weighted by Gasteiger charge is -2.20. The molecule has 3 nitrogen and oxygen atoms in total. The summed E-state index contributed by atoms with van der Waals surface area (Å²) in [6.07, 6.45) is 9.90. The zero-order valence-electron chi connectivity index (χ0n) is 14.5. The summed E-state index contributed by atoms with van der Waals surface area (Å²) in [6, 6.07) is 10.1. The van der Waals surface area contributed by atoms with Gasteiger partial charge in [-0.1, -0.05) is 82.2 Å². The molecule has 0 spiro atoms. The van der Waals surface area contributed by atoms with Gasteiger partial charge in [0, 0.05) is 0 Å². The maximum absolute atomic E-state index is 11.6. The molecule has 0 aliphatic heterocycles. The summed E-state index contributed by atoms with van der Waals surface area (Å²) in [5.74, 6) is -0.772. The number of hydrogen-bond donors (Lipinski definition) is 2. The van der Waals surface area contributed by atoms with Crippen molar-refractivity contribution in [2.24, 2.45) is 11.7 Å². The van der Waals surface area contributed by atoms with Crippen LogP contribution in [0.15, 0.2) is 30.3 Å². The highest BCUT2D eigenvalue weighted by Gasteiger charge is 2.23. The molecular formula is C20H33NO2. The van der Waals surface area contributed by atoms with Gasteiger partial charge in [-0.05, 0) is 24.8 Å². The van der Waals surface area contributed by atoms with Crippen LogP contribution in [0.3, 0.4) is 0 Å². The van der Waals surface area contributed by atoms with Crippen LogP contribution in [0.25, 0.3) is 0 Å². The minimum atomic E-state index is -0.632. The summed E-state index contributed by atoms with van der Waals surface area (Å²) in [5, 5.41) is 10.3. The van der Waals surface area contributed by atoms with Crippen molar-refractivity contribution in [1.29, 1.82) is 0 Å². The first-order valence-corrected chi connectivity index (χ1v) is 9.16. The highest BCUT2D eigenvalue weighted by atomic mass is 16.3. The smallest absolute Gasteiger partial charge is 0.223 e. The van der Waals surface area contributed by atoms with Gasteiger partial charge in [0.15, 0.2) is 0 Å². The van der Waals surface area contributed by atoms with Gasteiger partial charge in [-0.2, -0.15) is 0 Å². The van der Waals surface area contributed by atoms with Gasteiger partial charge in [0.1, 0.15) is 0 Å². The molecule has 0 bridgehead atoms. The van der Waals surface area contributed by atoms with E-state index in [0.29, 0.717) is 12.8 Å². The van der Waals surface area contributed by atoms with E-state index in [1.54, 1.807) is 0 Å². The maximum Gasteiger partial charge on any atom is 0.223 e. The molecule has 0 heterocycles. The minimum absolute atomic E-state index is 0.364. The molecule has 2 atom stereocenters. The van der Waals surface area contributed by atoms with Crippen LogP contribution in [0.2, 0.25) is 0 Å². The monoisotopic (exact) mass is 319 g/mol. The van der Waals surface area contributed by atoms with E-state index < -0.39 is 12.0 Å². The average Bonchev–Trinajstić information content (AvgIpc) is 2.56. The van der Waals surface area contributed by atoms with Crippen molar-refractivity contribution < 1.29 is 9.90 Å². The fourth-order valence-corrected chi connectivity index (χ4v) is 3.01. The molecule has 0 aliphatic carbocycles. The fourth-order valence-electron chi connectivity index (χ4n) is 3.01. The Morgan fingerprint density at radius 1 is 1.00 bits per heavy atom. The lowest BCUT2D eigenvalue weighted by atomic mass is 9.90. The Balaban J connectivity index is 2.26. The Labute approximate surface area is 141 Å².